The summed E-state index contributed by atoms with van der Waals surface area (Å²) in [5.41, 5.74) is 3.16. The van der Waals surface area contributed by atoms with E-state index in [0.717, 1.165) is 16.9 Å². The number of anilines is 2. The molecule has 1 aromatic heterocycles. The first-order valence-corrected chi connectivity index (χ1v) is 7.43. The zero-order valence-corrected chi connectivity index (χ0v) is 13.1. The molecule has 0 aliphatic heterocycles. The monoisotopic (exact) mass is 331 g/mol. The van der Waals surface area contributed by atoms with Gasteiger partial charge >= 0.3 is 0 Å². The van der Waals surface area contributed by atoms with Crippen molar-refractivity contribution in [3.05, 3.63) is 88.5 Å². The van der Waals surface area contributed by atoms with Gasteiger partial charge in [0.25, 0.3) is 5.69 Å². The molecule has 0 amide bonds. The molecule has 25 heavy (non-hydrogen) atoms. The molecule has 0 saturated carbocycles. The minimum Gasteiger partial charge on any atom is -0.334 e. The number of hydrogen-bond donors (Lipinski definition) is 0. The summed E-state index contributed by atoms with van der Waals surface area (Å²) >= 11 is 0. The van der Waals surface area contributed by atoms with Gasteiger partial charge in [0.05, 0.1) is 34.6 Å². The zero-order chi connectivity index (χ0) is 17.6. The Kier molecular flexibility index (Phi) is 4.62. The van der Waals surface area contributed by atoms with Crippen molar-refractivity contribution in [1.82, 2.24) is 9.97 Å². The van der Waals surface area contributed by atoms with E-state index in [-0.39, 0.29) is 5.69 Å². The fourth-order valence-corrected chi connectivity index (χ4v) is 2.38. The van der Waals surface area contributed by atoms with Gasteiger partial charge in [0.2, 0.25) is 0 Å². The van der Waals surface area contributed by atoms with Gasteiger partial charge in [-0.15, -0.1) is 0 Å². The molecule has 7 heteroatoms. The molecule has 2 aromatic carbocycles. The van der Waals surface area contributed by atoms with E-state index in [2.05, 4.69) is 16.0 Å². The SMILES string of the molecule is N#Cc1ccc(CN(c2ccc([N+](=O)[O-])cc2)c2cncnc2)cc1. The Balaban J connectivity index is 1.95. The number of nitrogens with zero attached hydrogens (tertiary/aromatic N) is 5. The molecule has 122 valence electrons. The second kappa shape index (κ2) is 7.19. The van der Waals surface area contributed by atoms with Crippen LogP contribution in [0.4, 0.5) is 17.1 Å². The third kappa shape index (κ3) is 3.76. The van der Waals surface area contributed by atoms with E-state index < -0.39 is 4.92 Å². The maximum absolute atomic E-state index is 10.8. The first-order valence-electron chi connectivity index (χ1n) is 7.43. The van der Waals surface area contributed by atoms with Gasteiger partial charge in [-0.25, -0.2) is 9.97 Å². The van der Waals surface area contributed by atoms with Gasteiger partial charge in [0, 0.05) is 24.4 Å². The molecule has 0 spiro atoms. The Labute approximate surface area is 144 Å². The molecule has 3 aromatic rings. The summed E-state index contributed by atoms with van der Waals surface area (Å²) < 4.78 is 0. The van der Waals surface area contributed by atoms with Crippen LogP contribution in [0.1, 0.15) is 11.1 Å². The minimum atomic E-state index is -0.430. The number of non-ortho nitro benzene ring substituents is 1. The number of nitro groups is 1. The molecule has 0 bridgehead atoms. The number of rotatable bonds is 5. The van der Waals surface area contributed by atoms with Gasteiger partial charge in [0.15, 0.2) is 0 Å². The molecule has 0 aliphatic carbocycles. The lowest BCUT2D eigenvalue weighted by molar-refractivity contribution is -0.384. The van der Waals surface area contributed by atoms with E-state index >= 15 is 0 Å². The summed E-state index contributed by atoms with van der Waals surface area (Å²) in [6.45, 7) is 0.511. The Bertz CT molecular complexity index is 903. The first-order chi connectivity index (χ1) is 12.2. The number of nitriles is 1. The average Bonchev–Trinajstić information content (AvgIpc) is 2.67. The predicted molar refractivity (Wildman–Crippen MR) is 92.1 cm³/mol. The Hall–Kier alpha value is -3.79. The molecule has 7 nitrogen and oxygen atoms in total. The maximum atomic E-state index is 10.8. The maximum Gasteiger partial charge on any atom is 0.269 e. The van der Waals surface area contributed by atoms with Crippen LogP contribution in [0.5, 0.6) is 0 Å². The van der Waals surface area contributed by atoms with Crippen LogP contribution in [-0.4, -0.2) is 14.9 Å². The fourth-order valence-electron chi connectivity index (χ4n) is 2.38. The first kappa shape index (κ1) is 16.1. The second-order valence-electron chi connectivity index (χ2n) is 5.27. The van der Waals surface area contributed by atoms with Crippen molar-refractivity contribution < 1.29 is 4.92 Å². The fraction of sp³-hybridized carbons (Fsp3) is 0.0556. The van der Waals surface area contributed by atoms with E-state index in [0.29, 0.717) is 12.1 Å². The topological polar surface area (TPSA) is 96.0 Å². The molecular weight excluding hydrogens is 318 g/mol. The van der Waals surface area contributed by atoms with Crippen molar-refractivity contribution in [2.45, 2.75) is 6.54 Å². The van der Waals surface area contributed by atoms with E-state index in [1.54, 1.807) is 36.7 Å². The van der Waals surface area contributed by atoms with Crippen molar-refractivity contribution in [2.24, 2.45) is 0 Å². The highest BCUT2D eigenvalue weighted by Gasteiger charge is 2.13. The lowest BCUT2D eigenvalue weighted by Crippen LogP contribution is -2.16. The largest absolute Gasteiger partial charge is 0.334 e. The van der Waals surface area contributed by atoms with Crippen LogP contribution in [0.2, 0.25) is 0 Å². The van der Waals surface area contributed by atoms with E-state index in [4.69, 9.17) is 5.26 Å². The van der Waals surface area contributed by atoms with Crippen LogP contribution in [-0.2, 0) is 6.54 Å². The van der Waals surface area contributed by atoms with Crippen LogP contribution in [0.15, 0.2) is 67.3 Å². The molecule has 0 unspecified atom stereocenters. The van der Waals surface area contributed by atoms with E-state index in [9.17, 15) is 10.1 Å². The highest BCUT2D eigenvalue weighted by atomic mass is 16.6. The second-order valence-corrected chi connectivity index (χ2v) is 5.27. The van der Waals surface area contributed by atoms with Crippen LogP contribution < -0.4 is 4.90 Å². The van der Waals surface area contributed by atoms with Crippen molar-refractivity contribution >= 4 is 17.1 Å². The zero-order valence-electron chi connectivity index (χ0n) is 13.1. The quantitative estimate of drug-likeness (QED) is 0.523. The van der Waals surface area contributed by atoms with Crippen molar-refractivity contribution in [3.8, 4) is 6.07 Å². The number of aromatic nitrogens is 2. The van der Waals surface area contributed by atoms with Gasteiger partial charge in [-0.2, -0.15) is 5.26 Å². The van der Waals surface area contributed by atoms with Crippen LogP contribution in [0.3, 0.4) is 0 Å². The molecule has 0 aliphatic rings. The average molecular weight is 331 g/mol. The Morgan fingerprint density at radius 2 is 1.64 bits per heavy atom. The molecule has 0 fully saturated rings. The van der Waals surface area contributed by atoms with Gasteiger partial charge in [-0.1, -0.05) is 12.1 Å². The molecule has 0 radical (unpaired) electrons. The normalized spacial score (nSPS) is 10.0. The third-order valence-electron chi connectivity index (χ3n) is 3.65. The lowest BCUT2D eigenvalue weighted by Gasteiger charge is -2.24. The van der Waals surface area contributed by atoms with Gasteiger partial charge < -0.3 is 4.90 Å². The van der Waals surface area contributed by atoms with Crippen LogP contribution >= 0.6 is 0 Å². The molecule has 0 saturated heterocycles. The summed E-state index contributed by atoms with van der Waals surface area (Å²) in [6.07, 6.45) is 4.80. The van der Waals surface area contributed by atoms with Crippen molar-refractivity contribution in [2.75, 3.05) is 4.90 Å². The molecule has 3 rings (SSSR count). The van der Waals surface area contributed by atoms with Crippen LogP contribution in [0, 0.1) is 21.4 Å². The van der Waals surface area contributed by atoms with Crippen LogP contribution in [0.25, 0.3) is 0 Å². The Morgan fingerprint density at radius 3 is 2.20 bits per heavy atom. The summed E-state index contributed by atoms with van der Waals surface area (Å²) in [7, 11) is 0. The third-order valence-corrected chi connectivity index (χ3v) is 3.65. The number of benzene rings is 2. The summed E-state index contributed by atoms with van der Waals surface area (Å²) in [5.74, 6) is 0. The molecule has 0 atom stereocenters. The molecular formula is C18H13N5O2. The number of hydrogen-bond acceptors (Lipinski definition) is 6. The van der Waals surface area contributed by atoms with E-state index in [1.807, 2.05) is 17.0 Å². The van der Waals surface area contributed by atoms with Crippen molar-refractivity contribution in [3.63, 3.8) is 0 Å². The predicted octanol–water partition coefficient (Wildman–Crippen LogP) is 3.59. The lowest BCUT2D eigenvalue weighted by atomic mass is 10.1. The standard InChI is InChI=1S/C18H13N5O2/c19-9-14-1-3-15(4-2-14)12-22(18-10-20-13-21-11-18)16-5-7-17(8-6-16)23(24)25/h1-8,10-11,13H,12H2. The molecule has 1 heterocycles. The summed E-state index contributed by atoms with van der Waals surface area (Å²) in [5, 5.41) is 19.8. The van der Waals surface area contributed by atoms with E-state index in [1.165, 1.54) is 18.5 Å². The summed E-state index contributed by atoms with van der Waals surface area (Å²) in [4.78, 5) is 20.5. The minimum absolute atomic E-state index is 0.0337. The highest BCUT2D eigenvalue weighted by molar-refractivity contribution is 5.63. The van der Waals surface area contributed by atoms with Gasteiger partial charge in [0.1, 0.15) is 6.33 Å². The van der Waals surface area contributed by atoms with Gasteiger partial charge in [-0.3, -0.25) is 10.1 Å². The van der Waals surface area contributed by atoms with Crippen molar-refractivity contribution in [1.29, 1.82) is 5.26 Å². The van der Waals surface area contributed by atoms with Gasteiger partial charge in [-0.05, 0) is 29.8 Å². The highest BCUT2D eigenvalue weighted by Crippen LogP contribution is 2.28. The summed E-state index contributed by atoms with van der Waals surface area (Å²) in [6, 6.07) is 15.7. The smallest absolute Gasteiger partial charge is 0.269 e. The number of nitro benzene ring substituents is 1. The Morgan fingerprint density at radius 1 is 1.00 bits per heavy atom. The molecule has 0 N–H and O–H groups in total.